The second kappa shape index (κ2) is 9.22. The van der Waals surface area contributed by atoms with Crippen LogP contribution in [0.5, 0.6) is 5.75 Å². The van der Waals surface area contributed by atoms with Gasteiger partial charge in [0.25, 0.3) is 0 Å². The number of likely N-dealkylation sites (tertiary alicyclic amines) is 1. The Morgan fingerprint density at radius 1 is 1.16 bits per heavy atom. The minimum atomic E-state index is -4.85. The van der Waals surface area contributed by atoms with E-state index in [-0.39, 0.29) is 11.7 Å². The highest BCUT2D eigenvalue weighted by molar-refractivity contribution is 5.80. The van der Waals surface area contributed by atoms with Gasteiger partial charge in [-0.05, 0) is 63.3 Å². The van der Waals surface area contributed by atoms with Crippen LogP contribution in [0.15, 0.2) is 30.6 Å². The normalized spacial score (nSPS) is 15.5. The predicted octanol–water partition coefficient (Wildman–Crippen LogP) is 4.91. The van der Waals surface area contributed by atoms with Crippen LogP contribution >= 0.6 is 0 Å². The smallest absolute Gasteiger partial charge is 0.444 e. The highest BCUT2D eigenvalue weighted by Gasteiger charge is 2.31. The number of carbonyl (C=O) groups excluding carboxylic acids is 2. The summed E-state index contributed by atoms with van der Waals surface area (Å²) in [6.07, 6.45) is 0.145. The molecule has 32 heavy (non-hydrogen) atoms. The number of halogens is 3. The summed E-state index contributed by atoms with van der Waals surface area (Å²) in [7, 11) is 0. The SMILES string of the molecule is CC(C)(C)OC(=O)N1CCC(Cn2cc(-c3cc(C=O)cc(OC(F)(F)F)c3)cn2)CC1. The number of aldehydes is 1. The molecule has 1 aromatic heterocycles. The molecule has 1 aliphatic heterocycles. The summed E-state index contributed by atoms with van der Waals surface area (Å²) < 4.78 is 48.8. The van der Waals surface area contributed by atoms with Crippen LogP contribution in [0, 0.1) is 5.92 Å². The zero-order chi connectivity index (χ0) is 23.5. The number of benzene rings is 1. The van der Waals surface area contributed by atoms with Crippen molar-refractivity contribution in [2.45, 2.75) is 52.1 Å². The maximum Gasteiger partial charge on any atom is 0.573 e. The van der Waals surface area contributed by atoms with Gasteiger partial charge in [0, 0.05) is 37.0 Å². The molecule has 0 radical (unpaired) electrons. The van der Waals surface area contributed by atoms with Gasteiger partial charge in [-0.2, -0.15) is 5.10 Å². The summed E-state index contributed by atoms with van der Waals surface area (Å²) in [5.74, 6) is -0.161. The maximum absolute atomic E-state index is 12.6. The first kappa shape index (κ1) is 23.6. The van der Waals surface area contributed by atoms with Crippen LogP contribution in [0.4, 0.5) is 18.0 Å². The van der Waals surface area contributed by atoms with Crippen molar-refractivity contribution in [1.29, 1.82) is 0 Å². The standard InChI is InChI=1S/C22H26F3N3O4/c1-21(2,3)32-20(30)27-6-4-15(5-7-27)12-28-13-18(11-26-28)17-8-16(14-29)9-19(10-17)31-22(23,24)25/h8-11,13-15H,4-7,12H2,1-3H3. The van der Waals surface area contributed by atoms with Crippen molar-refractivity contribution in [3.8, 4) is 16.9 Å². The van der Waals surface area contributed by atoms with E-state index in [1.165, 1.54) is 18.3 Å². The molecule has 3 rings (SSSR count). The van der Waals surface area contributed by atoms with Gasteiger partial charge in [0.05, 0.1) is 6.20 Å². The van der Waals surface area contributed by atoms with Crippen LogP contribution in [0.2, 0.25) is 0 Å². The Kier molecular flexibility index (Phi) is 6.80. The molecule has 1 aromatic carbocycles. The first-order valence-corrected chi connectivity index (χ1v) is 10.3. The van der Waals surface area contributed by atoms with Gasteiger partial charge in [-0.1, -0.05) is 0 Å². The van der Waals surface area contributed by atoms with Gasteiger partial charge in [-0.25, -0.2) is 4.79 Å². The topological polar surface area (TPSA) is 73.7 Å². The second-order valence-corrected chi connectivity index (χ2v) is 8.82. The van der Waals surface area contributed by atoms with E-state index in [1.807, 2.05) is 20.8 Å². The molecule has 0 unspecified atom stereocenters. The van der Waals surface area contributed by atoms with Gasteiger partial charge >= 0.3 is 12.5 Å². The monoisotopic (exact) mass is 453 g/mol. The number of aromatic nitrogens is 2. The van der Waals surface area contributed by atoms with E-state index in [1.54, 1.807) is 15.8 Å². The van der Waals surface area contributed by atoms with Crippen LogP contribution in [0.1, 0.15) is 44.0 Å². The number of alkyl halides is 3. The molecule has 0 N–H and O–H groups in total. The quantitative estimate of drug-likeness (QED) is 0.602. The lowest BCUT2D eigenvalue weighted by Crippen LogP contribution is -2.42. The van der Waals surface area contributed by atoms with Crippen LogP contribution in [-0.2, 0) is 11.3 Å². The van der Waals surface area contributed by atoms with Crippen LogP contribution < -0.4 is 4.74 Å². The van der Waals surface area contributed by atoms with E-state index in [0.29, 0.717) is 43.0 Å². The second-order valence-electron chi connectivity index (χ2n) is 8.82. The third kappa shape index (κ3) is 6.73. The van der Waals surface area contributed by atoms with Crippen LogP contribution in [0.3, 0.4) is 0 Å². The molecule has 2 aromatic rings. The summed E-state index contributed by atoms with van der Waals surface area (Å²) in [6, 6.07) is 3.74. The third-order valence-corrected chi connectivity index (χ3v) is 4.98. The summed E-state index contributed by atoms with van der Waals surface area (Å²) in [5.41, 5.74) is 0.515. The molecule has 0 atom stereocenters. The van der Waals surface area contributed by atoms with E-state index in [9.17, 15) is 22.8 Å². The molecule has 174 valence electrons. The number of carbonyl (C=O) groups is 2. The lowest BCUT2D eigenvalue weighted by Gasteiger charge is -2.33. The van der Waals surface area contributed by atoms with Crippen LogP contribution in [0.25, 0.3) is 11.1 Å². The molecule has 0 saturated carbocycles. The molecule has 0 spiro atoms. The van der Waals surface area contributed by atoms with Crippen molar-refractivity contribution in [3.63, 3.8) is 0 Å². The Labute approximate surface area is 184 Å². The molecule has 0 bridgehead atoms. The minimum Gasteiger partial charge on any atom is -0.444 e. The van der Waals surface area contributed by atoms with E-state index in [4.69, 9.17) is 4.74 Å². The highest BCUT2D eigenvalue weighted by atomic mass is 19.4. The van der Waals surface area contributed by atoms with Crippen molar-refractivity contribution in [2.75, 3.05) is 13.1 Å². The van der Waals surface area contributed by atoms with Crippen molar-refractivity contribution < 1.29 is 32.2 Å². The average Bonchev–Trinajstić information content (AvgIpc) is 3.14. The third-order valence-electron chi connectivity index (χ3n) is 4.98. The number of nitrogens with zero attached hydrogens (tertiary/aromatic N) is 3. The zero-order valence-corrected chi connectivity index (χ0v) is 18.2. The molecule has 0 aliphatic carbocycles. The van der Waals surface area contributed by atoms with E-state index in [0.717, 1.165) is 18.9 Å². The van der Waals surface area contributed by atoms with Crippen molar-refractivity contribution >= 4 is 12.4 Å². The maximum atomic E-state index is 12.6. The number of amides is 1. The first-order valence-electron chi connectivity index (χ1n) is 10.3. The Morgan fingerprint density at radius 2 is 1.84 bits per heavy atom. The lowest BCUT2D eigenvalue weighted by molar-refractivity contribution is -0.274. The van der Waals surface area contributed by atoms with E-state index in [2.05, 4.69) is 9.84 Å². The summed E-state index contributed by atoms with van der Waals surface area (Å²) in [5, 5.41) is 4.31. The Bertz CT molecular complexity index is 958. The van der Waals surface area contributed by atoms with E-state index < -0.39 is 17.7 Å². The molecular weight excluding hydrogens is 427 g/mol. The molecule has 1 saturated heterocycles. The Balaban J connectivity index is 1.63. The van der Waals surface area contributed by atoms with Gasteiger partial charge < -0.3 is 14.4 Å². The number of hydrogen-bond donors (Lipinski definition) is 0. The number of hydrogen-bond acceptors (Lipinski definition) is 5. The van der Waals surface area contributed by atoms with Gasteiger partial charge in [0.15, 0.2) is 0 Å². The minimum absolute atomic E-state index is 0.0732. The number of piperidine rings is 1. The van der Waals surface area contributed by atoms with Crippen LogP contribution in [-0.4, -0.2) is 52.1 Å². The van der Waals surface area contributed by atoms with Gasteiger partial charge in [-0.15, -0.1) is 13.2 Å². The highest BCUT2D eigenvalue weighted by Crippen LogP contribution is 2.30. The predicted molar refractivity (Wildman–Crippen MR) is 110 cm³/mol. The molecule has 1 aliphatic rings. The largest absolute Gasteiger partial charge is 0.573 e. The van der Waals surface area contributed by atoms with Gasteiger partial charge in [0.1, 0.15) is 17.6 Å². The molecule has 1 amide bonds. The first-order chi connectivity index (χ1) is 14.9. The fourth-order valence-electron chi connectivity index (χ4n) is 3.55. The Morgan fingerprint density at radius 3 is 2.44 bits per heavy atom. The number of ether oxygens (including phenoxy) is 2. The van der Waals surface area contributed by atoms with Gasteiger partial charge in [-0.3, -0.25) is 9.48 Å². The summed E-state index contributed by atoms with van der Waals surface area (Å²) in [4.78, 5) is 25.0. The molecule has 2 heterocycles. The fraction of sp³-hybridized carbons (Fsp3) is 0.500. The van der Waals surface area contributed by atoms with Crippen molar-refractivity contribution in [1.82, 2.24) is 14.7 Å². The van der Waals surface area contributed by atoms with Gasteiger partial charge in [0.2, 0.25) is 0 Å². The number of rotatable bonds is 5. The average molecular weight is 453 g/mol. The van der Waals surface area contributed by atoms with Crippen molar-refractivity contribution in [3.05, 3.63) is 36.2 Å². The molecule has 1 fully saturated rings. The summed E-state index contributed by atoms with van der Waals surface area (Å²) in [6.45, 7) is 7.28. The lowest BCUT2D eigenvalue weighted by atomic mass is 9.97. The Hall–Kier alpha value is -3.04. The zero-order valence-electron chi connectivity index (χ0n) is 18.2. The molecule has 7 nitrogen and oxygen atoms in total. The fourth-order valence-corrected chi connectivity index (χ4v) is 3.55. The summed E-state index contributed by atoms with van der Waals surface area (Å²) >= 11 is 0. The molecule has 10 heteroatoms. The van der Waals surface area contributed by atoms with Crippen molar-refractivity contribution in [2.24, 2.45) is 5.92 Å². The molecular formula is C22H26F3N3O4. The van der Waals surface area contributed by atoms with E-state index >= 15 is 0 Å².